The minimum Gasteiger partial charge on any atom is -0.491 e. The second-order valence-corrected chi connectivity index (χ2v) is 7.80. The predicted octanol–water partition coefficient (Wildman–Crippen LogP) is 3.48. The summed E-state index contributed by atoms with van der Waals surface area (Å²) in [7, 11) is 0. The molecule has 1 aromatic carbocycles. The Morgan fingerprint density at radius 2 is 2.04 bits per heavy atom. The Hall–Kier alpha value is -1.22. The number of carbonyl (C=O) groups excluding carboxylic acids is 2. The topological polar surface area (TPSA) is 90.6 Å². The number of benzene rings is 1. The molecule has 0 bridgehead atoms. The van der Waals surface area contributed by atoms with Crippen molar-refractivity contribution in [3.8, 4) is 5.75 Å². The van der Waals surface area contributed by atoms with Crippen LogP contribution in [0, 0.1) is 3.57 Å². The van der Waals surface area contributed by atoms with Gasteiger partial charge in [-0.1, -0.05) is 11.6 Å². The third kappa shape index (κ3) is 8.58. The van der Waals surface area contributed by atoms with Gasteiger partial charge in [0.1, 0.15) is 18.0 Å². The van der Waals surface area contributed by atoms with Crippen LogP contribution in [0.2, 0.25) is 5.02 Å². The third-order valence-corrected chi connectivity index (χ3v) is 4.34. The average molecular weight is 469 g/mol. The number of nitrogens with two attached hydrogens (primary N) is 1. The molecule has 0 unspecified atom stereocenters. The molecule has 0 aromatic heterocycles. The van der Waals surface area contributed by atoms with Crippen molar-refractivity contribution in [3.63, 3.8) is 0 Å². The molecular formula is C16H22ClIN2O4. The number of hydrogen-bond donors (Lipinski definition) is 2. The van der Waals surface area contributed by atoms with E-state index in [0.717, 1.165) is 3.57 Å². The number of nitrogens with one attached hydrogen (secondary N) is 1. The van der Waals surface area contributed by atoms with Gasteiger partial charge in [-0.05, 0) is 68.0 Å². The van der Waals surface area contributed by atoms with E-state index in [1.807, 2.05) is 0 Å². The molecule has 0 saturated carbocycles. The van der Waals surface area contributed by atoms with Crippen molar-refractivity contribution in [1.29, 1.82) is 0 Å². The van der Waals surface area contributed by atoms with Crippen molar-refractivity contribution >= 4 is 46.2 Å². The molecule has 1 aromatic rings. The monoisotopic (exact) mass is 468 g/mol. The van der Waals surface area contributed by atoms with Crippen molar-refractivity contribution in [3.05, 3.63) is 26.8 Å². The van der Waals surface area contributed by atoms with Gasteiger partial charge >= 0.3 is 6.09 Å². The molecule has 0 heterocycles. The fourth-order valence-electron chi connectivity index (χ4n) is 1.75. The lowest BCUT2D eigenvalue weighted by molar-refractivity contribution is -0.118. The maximum atomic E-state index is 11.9. The van der Waals surface area contributed by atoms with Crippen molar-refractivity contribution in [2.24, 2.45) is 5.73 Å². The van der Waals surface area contributed by atoms with E-state index in [9.17, 15) is 9.59 Å². The Labute approximate surface area is 160 Å². The summed E-state index contributed by atoms with van der Waals surface area (Å²) in [6.07, 6.45) is -0.0624. The molecule has 0 spiro atoms. The molecule has 0 saturated heterocycles. The summed E-state index contributed by atoms with van der Waals surface area (Å²) in [4.78, 5) is 22.9. The van der Waals surface area contributed by atoms with Gasteiger partial charge < -0.3 is 20.5 Å². The summed E-state index contributed by atoms with van der Waals surface area (Å²) in [5, 5.41) is 3.34. The van der Waals surface area contributed by atoms with E-state index in [1.54, 1.807) is 39.0 Å². The SMILES string of the molecule is CC(C)(C)OC(=O)N[C@@H](CCC(N)=O)COc1ccc(Cl)c(I)c1. The van der Waals surface area contributed by atoms with Crippen LogP contribution in [0.3, 0.4) is 0 Å². The first-order valence-electron chi connectivity index (χ1n) is 7.42. The largest absolute Gasteiger partial charge is 0.491 e. The lowest BCUT2D eigenvalue weighted by Crippen LogP contribution is -2.42. The van der Waals surface area contributed by atoms with Crippen LogP contribution in [-0.2, 0) is 9.53 Å². The molecule has 1 rings (SSSR count). The fourth-order valence-corrected chi connectivity index (χ4v) is 2.36. The van der Waals surface area contributed by atoms with Crippen LogP contribution in [0.25, 0.3) is 0 Å². The van der Waals surface area contributed by atoms with E-state index in [0.29, 0.717) is 17.2 Å². The summed E-state index contributed by atoms with van der Waals surface area (Å²) in [5.74, 6) is 0.186. The van der Waals surface area contributed by atoms with Crippen molar-refractivity contribution in [2.45, 2.75) is 45.3 Å². The van der Waals surface area contributed by atoms with Crippen LogP contribution in [0.4, 0.5) is 4.79 Å². The van der Waals surface area contributed by atoms with E-state index in [1.165, 1.54) is 0 Å². The number of ether oxygens (including phenoxy) is 2. The maximum Gasteiger partial charge on any atom is 0.407 e. The number of primary amides is 1. The maximum absolute atomic E-state index is 11.9. The minimum atomic E-state index is -0.606. The zero-order chi connectivity index (χ0) is 18.3. The van der Waals surface area contributed by atoms with E-state index in [-0.39, 0.29) is 13.0 Å². The number of halogens is 2. The number of hydrogen-bond acceptors (Lipinski definition) is 4. The molecule has 2 amide bonds. The second-order valence-electron chi connectivity index (χ2n) is 6.24. The van der Waals surface area contributed by atoms with Crippen molar-refractivity contribution < 1.29 is 19.1 Å². The van der Waals surface area contributed by atoms with Crippen LogP contribution in [-0.4, -0.2) is 30.3 Å². The number of alkyl carbamates (subject to hydrolysis) is 1. The lowest BCUT2D eigenvalue weighted by Gasteiger charge is -2.23. The summed E-state index contributed by atoms with van der Waals surface area (Å²) >= 11 is 8.07. The smallest absolute Gasteiger partial charge is 0.407 e. The van der Waals surface area contributed by atoms with E-state index in [4.69, 9.17) is 26.8 Å². The summed E-state index contributed by atoms with van der Waals surface area (Å²) in [5.41, 5.74) is 4.57. The molecule has 0 radical (unpaired) electrons. The van der Waals surface area contributed by atoms with Gasteiger partial charge in [0.15, 0.2) is 0 Å². The molecule has 0 aliphatic carbocycles. The van der Waals surface area contributed by atoms with E-state index >= 15 is 0 Å². The zero-order valence-electron chi connectivity index (χ0n) is 13.9. The number of rotatable bonds is 7. The Morgan fingerprint density at radius 3 is 2.58 bits per heavy atom. The molecule has 0 fully saturated rings. The van der Waals surface area contributed by atoms with Gasteiger partial charge in [0.25, 0.3) is 0 Å². The summed E-state index contributed by atoms with van der Waals surface area (Å²) in [6.45, 7) is 5.51. The zero-order valence-corrected chi connectivity index (χ0v) is 16.8. The van der Waals surface area contributed by atoms with E-state index < -0.39 is 23.6 Å². The standard InChI is InChI=1S/C16H22ClIN2O4/c1-16(2,3)24-15(22)20-10(4-7-14(19)21)9-23-11-5-6-12(17)13(18)8-11/h5-6,8,10H,4,7,9H2,1-3H3,(H2,19,21)(H,20,22)/t10-/m0/s1. The van der Waals surface area contributed by atoms with Gasteiger partial charge in [0.05, 0.1) is 11.1 Å². The molecular weight excluding hydrogens is 447 g/mol. The highest BCUT2D eigenvalue weighted by Gasteiger charge is 2.20. The van der Waals surface area contributed by atoms with Crippen LogP contribution in [0.15, 0.2) is 18.2 Å². The van der Waals surface area contributed by atoms with Gasteiger partial charge in [0, 0.05) is 9.99 Å². The quantitative estimate of drug-likeness (QED) is 0.600. The van der Waals surface area contributed by atoms with Crippen LogP contribution in [0.1, 0.15) is 33.6 Å². The number of carbonyl (C=O) groups is 2. The fraction of sp³-hybridized carbons (Fsp3) is 0.500. The summed E-state index contributed by atoms with van der Waals surface area (Å²) in [6, 6.07) is 4.86. The first-order valence-corrected chi connectivity index (χ1v) is 8.88. The van der Waals surface area contributed by atoms with Crippen molar-refractivity contribution in [2.75, 3.05) is 6.61 Å². The first kappa shape index (κ1) is 20.8. The average Bonchev–Trinajstić information content (AvgIpc) is 2.43. The highest BCUT2D eigenvalue weighted by atomic mass is 127. The van der Waals surface area contributed by atoms with E-state index in [2.05, 4.69) is 27.9 Å². The van der Waals surface area contributed by atoms with Crippen LogP contribution < -0.4 is 15.8 Å². The highest BCUT2D eigenvalue weighted by Crippen LogP contribution is 2.23. The molecule has 6 nitrogen and oxygen atoms in total. The van der Waals surface area contributed by atoms with Gasteiger partial charge in [-0.15, -0.1) is 0 Å². The minimum absolute atomic E-state index is 0.141. The molecule has 3 N–H and O–H groups in total. The molecule has 8 heteroatoms. The summed E-state index contributed by atoms with van der Waals surface area (Å²) < 4.78 is 11.8. The van der Waals surface area contributed by atoms with Crippen LogP contribution in [0.5, 0.6) is 5.75 Å². The number of amides is 2. The van der Waals surface area contributed by atoms with Gasteiger partial charge in [-0.2, -0.15) is 0 Å². The normalized spacial score (nSPS) is 12.4. The Kier molecular flexibility index (Phi) is 8.08. The Balaban J connectivity index is 2.65. The first-order chi connectivity index (χ1) is 11.1. The second kappa shape index (κ2) is 9.31. The highest BCUT2D eigenvalue weighted by molar-refractivity contribution is 14.1. The molecule has 0 aliphatic heterocycles. The lowest BCUT2D eigenvalue weighted by atomic mass is 10.1. The molecule has 1 atom stereocenters. The van der Waals surface area contributed by atoms with Gasteiger partial charge in [-0.3, -0.25) is 4.79 Å². The Bertz CT molecular complexity index is 590. The van der Waals surface area contributed by atoms with Gasteiger partial charge in [0.2, 0.25) is 5.91 Å². The van der Waals surface area contributed by atoms with Gasteiger partial charge in [-0.25, -0.2) is 4.79 Å². The molecule has 24 heavy (non-hydrogen) atoms. The van der Waals surface area contributed by atoms with Crippen LogP contribution >= 0.6 is 34.2 Å². The molecule has 0 aliphatic rings. The van der Waals surface area contributed by atoms with Crippen molar-refractivity contribution in [1.82, 2.24) is 5.32 Å². The predicted molar refractivity (Wildman–Crippen MR) is 101 cm³/mol. The molecule has 134 valence electrons. The third-order valence-electron chi connectivity index (χ3n) is 2.80. The Morgan fingerprint density at radius 1 is 1.38 bits per heavy atom.